The van der Waals surface area contributed by atoms with Crippen LogP contribution in [0, 0.1) is 0 Å². The molecule has 0 bridgehead atoms. The monoisotopic (exact) mass is 446 g/mol. The molecule has 0 heterocycles. The van der Waals surface area contributed by atoms with Crippen LogP contribution in [-0.4, -0.2) is 32.2 Å². The molecule has 0 aromatic heterocycles. The third-order valence-corrected chi connectivity index (χ3v) is 5.80. The van der Waals surface area contributed by atoms with Gasteiger partial charge >= 0.3 is 0 Å². The highest BCUT2D eigenvalue weighted by molar-refractivity contribution is 8.00. The molecule has 0 aliphatic heterocycles. The first-order chi connectivity index (χ1) is 12.6. The Balaban J connectivity index is 1.84. The number of rotatable bonds is 6. The molecule has 0 atom stereocenters. The van der Waals surface area contributed by atoms with E-state index in [-0.39, 0.29) is 17.1 Å². The Bertz CT molecular complexity index is 948. The summed E-state index contributed by atoms with van der Waals surface area (Å²) in [4.78, 5) is 24.6. The summed E-state index contributed by atoms with van der Waals surface area (Å²) in [7, 11) is -3.14. The van der Waals surface area contributed by atoms with E-state index in [2.05, 4.69) is 10.9 Å². The van der Waals surface area contributed by atoms with Crippen molar-refractivity contribution >= 4 is 56.6 Å². The number of hydrogen-bond donors (Lipinski definition) is 2. The fourth-order valence-corrected chi connectivity index (χ4v) is 4.11. The van der Waals surface area contributed by atoms with Gasteiger partial charge in [0.05, 0.1) is 16.5 Å². The normalized spacial score (nSPS) is 11.1. The molecule has 0 fully saturated rings. The number of hydrazine groups is 1. The fourth-order valence-electron chi connectivity index (χ4n) is 2.02. The maximum absolute atomic E-state index is 12.0. The molecular weight excluding hydrogens is 431 g/mol. The van der Waals surface area contributed by atoms with Crippen LogP contribution in [0.3, 0.4) is 0 Å². The van der Waals surface area contributed by atoms with Crippen LogP contribution in [0.25, 0.3) is 0 Å². The molecule has 2 rings (SSSR count). The first kappa shape index (κ1) is 21.6. The van der Waals surface area contributed by atoms with Crippen LogP contribution in [0.15, 0.2) is 47.4 Å². The van der Waals surface area contributed by atoms with E-state index >= 15 is 0 Å². The molecule has 2 aromatic rings. The van der Waals surface area contributed by atoms with Gasteiger partial charge in [0.25, 0.3) is 5.91 Å². The molecule has 0 spiro atoms. The summed E-state index contributed by atoms with van der Waals surface area (Å²) in [6, 6.07) is 11.0. The number of hydrogen-bond acceptors (Lipinski definition) is 5. The second kappa shape index (κ2) is 9.45. The largest absolute Gasteiger partial charge is 0.272 e. The minimum atomic E-state index is -3.14. The van der Waals surface area contributed by atoms with Crippen molar-refractivity contribution in [2.24, 2.45) is 0 Å². The lowest BCUT2D eigenvalue weighted by atomic mass is 10.1. The Hall–Kier alpha value is -1.74. The molecule has 2 aromatic carbocycles. The molecule has 0 saturated heterocycles. The Morgan fingerprint density at radius 3 is 2.33 bits per heavy atom. The van der Waals surface area contributed by atoms with Gasteiger partial charge in [-0.3, -0.25) is 20.4 Å². The second-order valence-corrected chi connectivity index (χ2v) is 9.63. The van der Waals surface area contributed by atoms with E-state index in [1.165, 1.54) is 23.9 Å². The summed E-state index contributed by atoms with van der Waals surface area (Å²) in [6.07, 6.45) is 1.14. The summed E-state index contributed by atoms with van der Waals surface area (Å²) in [5.74, 6) is -0.999. The maximum Gasteiger partial charge on any atom is 0.269 e. The van der Waals surface area contributed by atoms with Crippen LogP contribution in [0.5, 0.6) is 0 Å². The molecule has 2 N–H and O–H groups in total. The van der Waals surface area contributed by atoms with Gasteiger partial charge in [0.1, 0.15) is 0 Å². The van der Waals surface area contributed by atoms with Gasteiger partial charge in [-0.25, -0.2) is 8.42 Å². The third-order valence-electron chi connectivity index (χ3n) is 3.21. The molecule has 0 aliphatic carbocycles. The molecular formula is C17H16Cl2N2O4S2. The average Bonchev–Trinajstić information content (AvgIpc) is 2.59. The van der Waals surface area contributed by atoms with Gasteiger partial charge in [0.2, 0.25) is 5.91 Å². The van der Waals surface area contributed by atoms with Gasteiger partial charge in [-0.2, -0.15) is 0 Å². The zero-order valence-corrected chi connectivity index (χ0v) is 17.3. The predicted molar refractivity (Wildman–Crippen MR) is 108 cm³/mol. The highest BCUT2D eigenvalue weighted by atomic mass is 35.5. The van der Waals surface area contributed by atoms with Crippen molar-refractivity contribution in [1.29, 1.82) is 0 Å². The molecule has 10 heteroatoms. The number of carbonyl (C=O) groups excluding carboxylic acids is 2. The summed E-state index contributed by atoms with van der Waals surface area (Å²) in [5, 5.41) is 0.991. The van der Waals surface area contributed by atoms with E-state index in [0.717, 1.165) is 6.26 Å². The fraction of sp³-hybridized carbons (Fsp3) is 0.176. The highest BCUT2D eigenvalue weighted by Gasteiger charge is 2.10. The summed E-state index contributed by atoms with van der Waals surface area (Å²) < 4.78 is 22.5. The van der Waals surface area contributed by atoms with Gasteiger partial charge in [-0.15, -0.1) is 11.8 Å². The molecule has 27 heavy (non-hydrogen) atoms. The number of halogens is 2. The van der Waals surface area contributed by atoms with Crippen LogP contribution < -0.4 is 10.9 Å². The average molecular weight is 447 g/mol. The number of benzene rings is 2. The smallest absolute Gasteiger partial charge is 0.269 e. The zero-order chi connectivity index (χ0) is 20.0. The summed E-state index contributed by atoms with van der Waals surface area (Å²) >= 11 is 13.1. The zero-order valence-electron chi connectivity index (χ0n) is 14.2. The van der Waals surface area contributed by atoms with Gasteiger partial charge < -0.3 is 0 Å². The van der Waals surface area contributed by atoms with Crippen molar-refractivity contribution in [2.75, 3.05) is 12.0 Å². The Morgan fingerprint density at radius 2 is 1.70 bits per heavy atom. The predicted octanol–water partition coefficient (Wildman–Crippen LogP) is 3.09. The lowest BCUT2D eigenvalue weighted by Gasteiger charge is -2.08. The highest BCUT2D eigenvalue weighted by Crippen LogP contribution is 2.29. The Labute approximate surface area is 171 Å². The number of sulfone groups is 1. The van der Waals surface area contributed by atoms with Gasteiger partial charge in [0.15, 0.2) is 9.84 Å². The van der Waals surface area contributed by atoms with Crippen molar-refractivity contribution in [2.45, 2.75) is 10.6 Å². The van der Waals surface area contributed by atoms with Gasteiger partial charge in [-0.05, 0) is 35.9 Å². The van der Waals surface area contributed by atoms with Gasteiger partial charge in [-0.1, -0.05) is 35.3 Å². The number of nitrogens with one attached hydrogen (secondary N) is 2. The molecule has 0 aliphatic rings. The van der Waals surface area contributed by atoms with Crippen molar-refractivity contribution < 1.29 is 18.0 Å². The van der Waals surface area contributed by atoms with E-state index in [1.54, 1.807) is 30.3 Å². The van der Waals surface area contributed by atoms with Crippen molar-refractivity contribution in [3.8, 4) is 0 Å². The van der Waals surface area contributed by atoms with Crippen LogP contribution in [0.4, 0.5) is 0 Å². The SMILES string of the molecule is CS(=O)(=O)Cc1ccc(C(=O)NNC(=O)CSc2cc(Cl)ccc2Cl)cc1. The quantitative estimate of drug-likeness (QED) is 0.525. The molecule has 0 radical (unpaired) electrons. The number of thioether (sulfide) groups is 1. The van der Waals surface area contributed by atoms with E-state index < -0.39 is 21.7 Å². The number of amides is 2. The van der Waals surface area contributed by atoms with Crippen molar-refractivity contribution in [3.63, 3.8) is 0 Å². The van der Waals surface area contributed by atoms with E-state index in [0.29, 0.717) is 20.5 Å². The minimum absolute atomic E-state index is 0.0354. The van der Waals surface area contributed by atoms with Crippen molar-refractivity contribution in [3.05, 3.63) is 63.6 Å². The first-order valence-corrected chi connectivity index (χ1v) is 11.4. The van der Waals surface area contributed by atoms with Gasteiger partial charge in [0, 0.05) is 21.7 Å². The van der Waals surface area contributed by atoms with E-state index in [4.69, 9.17) is 23.2 Å². The minimum Gasteiger partial charge on any atom is -0.272 e. The Kier molecular flexibility index (Phi) is 7.55. The second-order valence-electron chi connectivity index (χ2n) is 5.63. The molecule has 144 valence electrons. The molecule has 6 nitrogen and oxygen atoms in total. The van der Waals surface area contributed by atoms with Crippen LogP contribution in [0.1, 0.15) is 15.9 Å². The molecule has 0 unspecified atom stereocenters. The first-order valence-electron chi connectivity index (χ1n) is 7.58. The summed E-state index contributed by atoms with van der Waals surface area (Å²) in [6.45, 7) is 0. The maximum atomic E-state index is 12.0. The van der Waals surface area contributed by atoms with E-state index in [9.17, 15) is 18.0 Å². The number of carbonyl (C=O) groups is 2. The topological polar surface area (TPSA) is 92.3 Å². The third kappa shape index (κ3) is 7.42. The van der Waals surface area contributed by atoms with Crippen molar-refractivity contribution in [1.82, 2.24) is 10.9 Å². The van der Waals surface area contributed by atoms with Crippen LogP contribution >= 0.6 is 35.0 Å². The molecule has 0 saturated carbocycles. The lowest BCUT2D eigenvalue weighted by Crippen LogP contribution is -2.42. The Morgan fingerprint density at radius 1 is 1.04 bits per heavy atom. The standard InChI is InChI=1S/C17H16Cl2N2O4S2/c1-27(24,25)10-11-2-4-12(5-3-11)17(23)21-20-16(22)9-26-15-8-13(18)6-7-14(15)19/h2-8H,9-10H2,1H3,(H,20,22)(H,21,23). The van der Waals surface area contributed by atoms with Crippen LogP contribution in [0.2, 0.25) is 10.0 Å². The van der Waals surface area contributed by atoms with E-state index in [1.807, 2.05) is 0 Å². The molecule has 2 amide bonds. The van der Waals surface area contributed by atoms with Crippen LogP contribution in [-0.2, 0) is 20.4 Å². The lowest BCUT2D eigenvalue weighted by molar-refractivity contribution is -0.119. The summed E-state index contributed by atoms with van der Waals surface area (Å²) in [5.41, 5.74) is 5.47.